The van der Waals surface area contributed by atoms with Crippen molar-refractivity contribution in [2.24, 2.45) is 0 Å². The lowest BCUT2D eigenvalue weighted by atomic mass is 10.0. The lowest BCUT2D eigenvalue weighted by Gasteiger charge is -2.09. The molecule has 0 radical (unpaired) electrons. The zero-order chi connectivity index (χ0) is 14.7. The summed E-state index contributed by atoms with van der Waals surface area (Å²) in [6, 6.07) is 11.9. The minimum atomic E-state index is -2.14. The molecule has 1 N–H and O–H groups in total. The fourth-order valence-electron chi connectivity index (χ4n) is 1.92. The lowest BCUT2D eigenvalue weighted by molar-refractivity contribution is 0.101. The topological polar surface area (TPSA) is 63.6 Å². The Morgan fingerprint density at radius 2 is 1.95 bits per heavy atom. The second-order valence-electron chi connectivity index (χ2n) is 4.25. The summed E-state index contributed by atoms with van der Waals surface area (Å²) >= 11 is -2.14. The zero-order valence-electron chi connectivity index (χ0n) is 11.1. The van der Waals surface area contributed by atoms with Gasteiger partial charge in [0.25, 0.3) is 0 Å². The predicted octanol–water partition coefficient (Wildman–Crippen LogP) is 3.15. The first kappa shape index (κ1) is 14.4. The number of hydrogen-bond donors (Lipinski definition) is 1. The average molecular weight is 290 g/mol. The average Bonchev–Trinajstić information content (AvgIpc) is 2.46. The molecule has 2 rings (SSSR count). The highest BCUT2D eigenvalue weighted by atomic mass is 32.2. The van der Waals surface area contributed by atoms with Gasteiger partial charge in [-0.25, -0.2) is 4.21 Å². The van der Waals surface area contributed by atoms with Gasteiger partial charge in [0.05, 0.1) is 12.0 Å². The molecule has 1 atom stereocenters. The van der Waals surface area contributed by atoms with Gasteiger partial charge in [-0.05, 0) is 36.8 Å². The van der Waals surface area contributed by atoms with Crippen LogP contribution in [0.3, 0.4) is 0 Å². The van der Waals surface area contributed by atoms with Crippen molar-refractivity contribution in [3.8, 4) is 16.9 Å². The van der Waals surface area contributed by atoms with E-state index in [0.717, 1.165) is 5.56 Å². The Morgan fingerprint density at radius 3 is 2.55 bits per heavy atom. The van der Waals surface area contributed by atoms with E-state index in [1.54, 1.807) is 36.4 Å². The molecule has 0 aliphatic carbocycles. The Morgan fingerprint density at radius 1 is 1.20 bits per heavy atom. The van der Waals surface area contributed by atoms with Crippen LogP contribution in [0.25, 0.3) is 11.1 Å². The van der Waals surface area contributed by atoms with Crippen molar-refractivity contribution in [2.75, 3.05) is 7.11 Å². The monoisotopic (exact) mass is 290 g/mol. The van der Waals surface area contributed by atoms with E-state index in [9.17, 15) is 13.6 Å². The van der Waals surface area contributed by atoms with Crippen LogP contribution in [0.2, 0.25) is 0 Å². The fraction of sp³-hybridized carbons (Fsp3) is 0.133. The molecule has 0 aliphatic rings. The van der Waals surface area contributed by atoms with Gasteiger partial charge < -0.3 is 9.29 Å². The molecular formula is C15H14O4S. The van der Waals surface area contributed by atoms with Crippen molar-refractivity contribution in [2.45, 2.75) is 11.8 Å². The molecule has 1 unspecified atom stereocenters. The molecule has 0 fully saturated rings. The highest BCUT2D eigenvalue weighted by molar-refractivity contribution is 7.79. The largest absolute Gasteiger partial charge is 0.497 e. The van der Waals surface area contributed by atoms with Gasteiger partial charge in [-0.15, -0.1) is 0 Å². The van der Waals surface area contributed by atoms with Crippen LogP contribution in [-0.4, -0.2) is 21.7 Å². The summed E-state index contributed by atoms with van der Waals surface area (Å²) in [6.45, 7) is 1.48. The number of hydrogen-bond acceptors (Lipinski definition) is 3. The molecule has 0 aromatic heterocycles. The van der Waals surface area contributed by atoms with E-state index >= 15 is 0 Å². The molecule has 0 bridgehead atoms. The van der Waals surface area contributed by atoms with Crippen molar-refractivity contribution >= 4 is 16.9 Å². The van der Waals surface area contributed by atoms with E-state index < -0.39 is 11.1 Å². The smallest absolute Gasteiger partial charge is 0.187 e. The van der Waals surface area contributed by atoms with E-state index in [4.69, 9.17) is 4.74 Å². The standard InChI is InChI=1S/C15H14O4S/c1-10(16)11-4-3-5-12(8-11)14-7-6-13(19-2)9-15(14)20(17)18/h3-9H,1-2H3,(H,17,18). The molecule has 5 heteroatoms. The number of rotatable bonds is 4. The molecular weight excluding hydrogens is 276 g/mol. The maximum Gasteiger partial charge on any atom is 0.187 e. The van der Waals surface area contributed by atoms with Crippen molar-refractivity contribution < 1.29 is 18.3 Å². The van der Waals surface area contributed by atoms with Gasteiger partial charge in [0.1, 0.15) is 5.75 Å². The molecule has 0 saturated carbocycles. The number of benzene rings is 2. The van der Waals surface area contributed by atoms with Crippen LogP contribution in [0, 0.1) is 0 Å². The van der Waals surface area contributed by atoms with Gasteiger partial charge in [0.15, 0.2) is 16.9 Å². The van der Waals surface area contributed by atoms with Crippen LogP contribution in [0.4, 0.5) is 0 Å². The highest BCUT2D eigenvalue weighted by Gasteiger charge is 2.12. The van der Waals surface area contributed by atoms with Crippen LogP contribution in [-0.2, 0) is 11.1 Å². The molecule has 4 nitrogen and oxygen atoms in total. The van der Waals surface area contributed by atoms with Crippen LogP contribution < -0.4 is 4.74 Å². The number of ether oxygens (including phenoxy) is 1. The molecule has 0 saturated heterocycles. The Kier molecular flexibility index (Phi) is 4.32. The molecule has 2 aromatic rings. The summed E-state index contributed by atoms with van der Waals surface area (Å²) in [6.07, 6.45) is 0. The van der Waals surface area contributed by atoms with E-state index in [-0.39, 0.29) is 10.7 Å². The van der Waals surface area contributed by atoms with Crippen LogP contribution >= 0.6 is 0 Å². The summed E-state index contributed by atoms with van der Waals surface area (Å²) in [5.41, 5.74) is 1.89. The fourth-order valence-corrected chi connectivity index (χ4v) is 2.51. The van der Waals surface area contributed by atoms with Gasteiger partial charge in [-0.2, -0.15) is 0 Å². The van der Waals surface area contributed by atoms with E-state index in [1.807, 2.05) is 0 Å². The van der Waals surface area contributed by atoms with E-state index in [2.05, 4.69) is 0 Å². The Labute approximate surface area is 119 Å². The minimum absolute atomic E-state index is 0.0490. The zero-order valence-corrected chi connectivity index (χ0v) is 11.9. The van der Waals surface area contributed by atoms with Gasteiger partial charge in [-0.3, -0.25) is 4.79 Å². The number of carbonyl (C=O) groups excluding carboxylic acids is 1. The molecule has 0 spiro atoms. The molecule has 2 aromatic carbocycles. The van der Waals surface area contributed by atoms with Crippen LogP contribution in [0.5, 0.6) is 5.75 Å². The van der Waals surface area contributed by atoms with Gasteiger partial charge in [0.2, 0.25) is 0 Å². The Balaban J connectivity index is 2.60. The highest BCUT2D eigenvalue weighted by Crippen LogP contribution is 2.30. The molecule has 0 amide bonds. The maximum atomic E-state index is 11.5. The normalized spacial score (nSPS) is 11.9. The minimum Gasteiger partial charge on any atom is -0.497 e. The summed E-state index contributed by atoms with van der Waals surface area (Å²) in [7, 11) is 1.50. The maximum absolute atomic E-state index is 11.5. The van der Waals surface area contributed by atoms with Crippen molar-refractivity contribution in [3.63, 3.8) is 0 Å². The van der Waals surface area contributed by atoms with Crippen LogP contribution in [0.15, 0.2) is 47.4 Å². The third kappa shape index (κ3) is 2.95. The quantitative estimate of drug-likeness (QED) is 0.694. The molecule has 104 valence electrons. The summed E-state index contributed by atoms with van der Waals surface area (Å²) in [5, 5.41) is 0. The third-order valence-electron chi connectivity index (χ3n) is 2.96. The SMILES string of the molecule is COc1ccc(-c2cccc(C(C)=O)c2)c(S(=O)O)c1. The first-order valence-corrected chi connectivity index (χ1v) is 7.04. The lowest BCUT2D eigenvalue weighted by Crippen LogP contribution is -1.96. The molecule has 0 heterocycles. The molecule has 0 aliphatic heterocycles. The van der Waals surface area contributed by atoms with E-state index in [1.165, 1.54) is 20.1 Å². The molecule has 20 heavy (non-hydrogen) atoms. The van der Waals surface area contributed by atoms with Gasteiger partial charge in [0, 0.05) is 11.1 Å². The third-order valence-corrected chi connectivity index (χ3v) is 3.67. The number of ketones is 1. The number of Topliss-reactive ketones (excluding diaryl/α,β-unsaturated/α-hetero) is 1. The van der Waals surface area contributed by atoms with Crippen molar-refractivity contribution in [3.05, 3.63) is 48.0 Å². The van der Waals surface area contributed by atoms with Gasteiger partial charge >= 0.3 is 0 Å². The number of carbonyl (C=O) groups is 1. The predicted molar refractivity (Wildman–Crippen MR) is 77.5 cm³/mol. The first-order valence-electron chi connectivity index (χ1n) is 5.93. The Hall–Kier alpha value is -1.98. The summed E-state index contributed by atoms with van der Waals surface area (Å²) < 4.78 is 25.9. The van der Waals surface area contributed by atoms with E-state index in [0.29, 0.717) is 16.9 Å². The summed E-state index contributed by atoms with van der Waals surface area (Å²) in [5.74, 6) is 0.459. The number of methoxy groups -OCH3 is 1. The van der Waals surface area contributed by atoms with Crippen molar-refractivity contribution in [1.82, 2.24) is 0 Å². The summed E-state index contributed by atoms with van der Waals surface area (Å²) in [4.78, 5) is 11.7. The second kappa shape index (κ2) is 5.98. The van der Waals surface area contributed by atoms with Crippen LogP contribution in [0.1, 0.15) is 17.3 Å². The van der Waals surface area contributed by atoms with Gasteiger partial charge in [-0.1, -0.05) is 18.2 Å². The second-order valence-corrected chi connectivity index (χ2v) is 5.19. The van der Waals surface area contributed by atoms with Crippen molar-refractivity contribution in [1.29, 1.82) is 0 Å². The Bertz CT molecular complexity index is 679. The first-order chi connectivity index (χ1) is 9.52.